The van der Waals surface area contributed by atoms with Gasteiger partial charge in [-0.15, -0.1) is 0 Å². The van der Waals surface area contributed by atoms with Gasteiger partial charge in [0, 0.05) is 12.0 Å². The number of rotatable bonds is 2. The average Bonchev–Trinajstić information content (AvgIpc) is 1.68. The van der Waals surface area contributed by atoms with Gasteiger partial charge >= 0.3 is 0 Å². The zero-order chi connectivity index (χ0) is 5.70. The normalized spacial score (nSPS) is 12.1. The van der Waals surface area contributed by atoms with Gasteiger partial charge in [-0.3, -0.25) is 0 Å². The Balaban J connectivity index is 3.17. The van der Waals surface area contributed by atoms with Gasteiger partial charge in [-0.25, -0.2) is 0 Å². The second-order valence-electron chi connectivity index (χ2n) is 1.48. The summed E-state index contributed by atoms with van der Waals surface area (Å²) in [5, 5.41) is 0. The summed E-state index contributed by atoms with van der Waals surface area (Å²) in [7, 11) is 0. The fourth-order valence-corrected chi connectivity index (χ4v) is 0.733. The topological polar surface area (TPSA) is 0 Å². The van der Waals surface area contributed by atoms with Gasteiger partial charge in [-0.2, -0.15) is 11.8 Å². The van der Waals surface area contributed by atoms with Crippen LogP contribution in [0.5, 0.6) is 0 Å². The summed E-state index contributed by atoms with van der Waals surface area (Å²) >= 11 is 1.62. The van der Waals surface area contributed by atoms with Gasteiger partial charge in [0.25, 0.3) is 0 Å². The van der Waals surface area contributed by atoms with E-state index in [2.05, 4.69) is 19.3 Å². The molecule has 0 amide bonds. The van der Waals surface area contributed by atoms with Crippen LogP contribution in [0.25, 0.3) is 0 Å². The van der Waals surface area contributed by atoms with E-state index >= 15 is 0 Å². The van der Waals surface area contributed by atoms with Crippen molar-refractivity contribution in [3.63, 3.8) is 0 Å². The molecule has 41 valence electrons. The predicted molar refractivity (Wildman–Crippen MR) is 37.2 cm³/mol. The summed E-state index contributed by atoms with van der Waals surface area (Å²) in [5.41, 5.74) is 1.40. The molecule has 0 aromatic heterocycles. The van der Waals surface area contributed by atoms with E-state index in [0.717, 1.165) is 5.75 Å². The van der Waals surface area contributed by atoms with Crippen LogP contribution in [0.15, 0.2) is 11.6 Å². The maximum absolute atomic E-state index is 3.65. The highest BCUT2D eigenvalue weighted by molar-refractivity contribution is 8.00. The van der Waals surface area contributed by atoms with Crippen molar-refractivity contribution in [3.05, 3.63) is 17.9 Å². The summed E-state index contributed by atoms with van der Waals surface area (Å²) < 4.78 is 0. The van der Waals surface area contributed by atoms with E-state index in [1.54, 1.807) is 11.8 Å². The predicted octanol–water partition coefficient (Wildman–Crippen LogP) is 2.48. The molecular formula is C6H11S. The minimum atomic E-state index is 1.07. The van der Waals surface area contributed by atoms with Crippen molar-refractivity contribution in [2.45, 2.75) is 13.8 Å². The molecule has 0 saturated heterocycles. The first-order chi connectivity index (χ1) is 3.31. The fourth-order valence-electron chi connectivity index (χ4n) is 0.244. The molecule has 0 unspecified atom stereocenters. The Morgan fingerprint density at radius 1 is 1.86 bits per heavy atom. The van der Waals surface area contributed by atoms with Gasteiger partial charge in [0.05, 0.1) is 0 Å². The first kappa shape index (κ1) is 7.09. The van der Waals surface area contributed by atoms with Crippen molar-refractivity contribution >= 4 is 11.8 Å². The van der Waals surface area contributed by atoms with Gasteiger partial charge in [0.1, 0.15) is 0 Å². The molecule has 7 heavy (non-hydrogen) atoms. The monoisotopic (exact) mass is 115 g/mol. The van der Waals surface area contributed by atoms with Crippen LogP contribution in [0.4, 0.5) is 0 Å². The lowest BCUT2D eigenvalue weighted by atomic mass is 10.3. The molecule has 0 aliphatic carbocycles. The van der Waals surface area contributed by atoms with Crippen LogP contribution < -0.4 is 0 Å². The van der Waals surface area contributed by atoms with Crippen LogP contribution in [-0.2, 0) is 0 Å². The average molecular weight is 115 g/mol. The number of hydrogen-bond donors (Lipinski definition) is 0. The summed E-state index contributed by atoms with van der Waals surface area (Å²) in [5.74, 6) is 1.07. The molecule has 0 rings (SSSR count). The highest BCUT2D eigenvalue weighted by atomic mass is 32.2. The Hall–Kier alpha value is 0.0900. The minimum absolute atomic E-state index is 1.07. The molecule has 0 heterocycles. The summed E-state index contributed by atoms with van der Waals surface area (Å²) in [6.07, 6.45) is 5.76. The maximum atomic E-state index is 3.65. The molecule has 0 aliphatic rings. The molecule has 1 heteroatoms. The Morgan fingerprint density at radius 3 is 2.57 bits per heavy atom. The number of allylic oxidation sites excluding steroid dienone is 1. The number of thioether (sulfide) groups is 1. The molecule has 0 spiro atoms. The molecule has 0 fully saturated rings. The maximum Gasteiger partial charge on any atom is 0.0140 e. The lowest BCUT2D eigenvalue weighted by Crippen LogP contribution is -1.74. The van der Waals surface area contributed by atoms with Gasteiger partial charge in [0.15, 0.2) is 0 Å². The molecule has 0 atom stereocenters. The summed E-state index contributed by atoms with van der Waals surface area (Å²) in [4.78, 5) is 0. The Morgan fingerprint density at radius 2 is 2.43 bits per heavy atom. The first-order valence-electron chi connectivity index (χ1n) is 2.30. The van der Waals surface area contributed by atoms with Gasteiger partial charge in [-0.1, -0.05) is 11.6 Å². The van der Waals surface area contributed by atoms with Crippen LogP contribution in [-0.4, -0.2) is 5.75 Å². The van der Waals surface area contributed by atoms with E-state index in [1.807, 2.05) is 6.92 Å². The Kier molecular flexibility index (Phi) is 4.31. The lowest BCUT2D eigenvalue weighted by molar-refractivity contribution is 1.38. The summed E-state index contributed by atoms with van der Waals surface area (Å²) in [6.45, 7) is 4.16. The fraction of sp³-hybridized carbons (Fsp3) is 0.500. The lowest BCUT2D eigenvalue weighted by Gasteiger charge is -1.90. The van der Waals surface area contributed by atoms with Crippen LogP contribution in [0.1, 0.15) is 13.8 Å². The SMILES string of the molecule is [CH2]SC/C(C)=C/C. The van der Waals surface area contributed by atoms with Crippen molar-refractivity contribution in [2.24, 2.45) is 0 Å². The molecule has 1 radical (unpaired) electrons. The molecule has 0 bridgehead atoms. The van der Waals surface area contributed by atoms with Crippen LogP contribution >= 0.6 is 11.8 Å². The molecule has 0 nitrogen and oxygen atoms in total. The Labute approximate surface area is 50.0 Å². The first-order valence-corrected chi connectivity index (χ1v) is 3.45. The number of hydrogen-bond acceptors (Lipinski definition) is 1. The molecule has 0 saturated carbocycles. The van der Waals surface area contributed by atoms with E-state index in [4.69, 9.17) is 0 Å². The second-order valence-corrected chi connectivity index (χ2v) is 2.18. The van der Waals surface area contributed by atoms with E-state index in [9.17, 15) is 0 Å². The highest BCUT2D eigenvalue weighted by Gasteiger charge is 1.80. The molecular weight excluding hydrogens is 104 g/mol. The van der Waals surface area contributed by atoms with E-state index in [0.29, 0.717) is 0 Å². The van der Waals surface area contributed by atoms with Crippen LogP contribution in [0, 0.1) is 6.26 Å². The second kappa shape index (κ2) is 4.25. The highest BCUT2D eigenvalue weighted by Crippen LogP contribution is 2.02. The zero-order valence-corrected chi connectivity index (χ0v) is 5.72. The van der Waals surface area contributed by atoms with Crippen LogP contribution in [0.3, 0.4) is 0 Å². The minimum Gasteiger partial charge on any atom is -0.157 e. The third kappa shape index (κ3) is 3.93. The molecule has 0 N–H and O–H groups in total. The van der Waals surface area contributed by atoms with Crippen LogP contribution in [0.2, 0.25) is 0 Å². The molecule has 0 aromatic carbocycles. The van der Waals surface area contributed by atoms with E-state index in [-0.39, 0.29) is 0 Å². The largest absolute Gasteiger partial charge is 0.157 e. The van der Waals surface area contributed by atoms with Crippen molar-refractivity contribution in [3.8, 4) is 0 Å². The quantitative estimate of drug-likeness (QED) is 0.498. The van der Waals surface area contributed by atoms with Crippen molar-refractivity contribution in [2.75, 3.05) is 5.75 Å². The van der Waals surface area contributed by atoms with Gasteiger partial charge in [-0.05, 0) is 13.8 Å². The van der Waals surface area contributed by atoms with Crippen molar-refractivity contribution in [1.29, 1.82) is 0 Å². The Bertz CT molecular complexity index is 64.6. The standard InChI is InChI=1S/C6H11S/c1-4-6(2)5-7-3/h4H,3,5H2,1-2H3/b6-4+. The zero-order valence-electron chi connectivity index (χ0n) is 4.90. The third-order valence-electron chi connectivity index (χ3n) is 0.823. The summed E-state index contributed by atoms with van der Waals surface area (Å²) in [6, 6.07) is 0. The van der Waals surface area contributed by atoms with Crippen molar-refractivity contribution < 1.29 is 0 Å². The van der Waals surface area contributed by atoms with Gasteiger partial charge in [0.2, 0.25) is 0 Å². The van der Waals surface area contributed by atoms with Crippen molar-refractivity contribution in [1.82, 2.24) is 0 Å². The van der Waals surface area contributed by atoms with Gasteiger partial charge < -0.3 is 0 Å². The van der Waals surface area contributed by atoms with E-state index in [1.165, 1.54) is 5.57 Å². The smallest absolute Gasteiger partial charge is 0.0140 e. The molecule has 0 aliphatic heterocycles. The van der Waals surface area contributed by atoms with E-state index < -0.39 is 0 Å². The third-order valence-corrected chi connectivity index (χ3v) is 1.48. The molecule has 0 aromatic rings.